The fourth-order valence-corrected chi connectivity index (χ4v) is 1.56. The summed E-state index contributed by atoms with van der Waals surface area (Å²) in [5, 5.41) is 11.8. The number of methoxy groups -OCH3 is 1. The van der Waals surface area contributed by atoms with E-state index in [1.165, 1.54) is 0 Å². The topological polar surface area (TPSA) is 60.0 Å². The van der Waals surface area contributed by atoms with Gasteiger partial charge in [-0.1, -0.05) is 12.1 Å². The number of benzene rings is 1. The van der Waals surface area contributed by atoms with Crippen LogP contribution in [-0.2, 0) is 4.74 Å². The van der Waals surface area contributed by atoms with Gasteiger partial charge in [0.25, 0.3) is 0 Å². The van der Waals surface area contributed by atoms with Gasteiger partial charge in [0.1, 0.15) is 6.61 Å². The molecule has 0 heterocycles. The third-order valence-corrected chi connectivity index (χ3v) is 2.48. The lowest BCUT2D eigenvalue weighted by molar-refractivity contribution is 0.0906. The van der Waals surface area contributed by atoms with Crippen LogP contribution in [0.3, 0.4) is 0 Å². The number of nitrogens with one attached hydrogen (secondary N) is 1. The number of hydrogen-bond acceptors (Lipinski definition) is 5. The Hall–Kier alpha value is -1.30. The van der Waals surface area contributed by atoms with E-state index in [-0.39, 0.29) is 6.61 Å². The van der Waals surface area contributed by atoms with E-state index in [4.69, 9.17) is 19.3 Å². The first kappa shape index (κ1) is 15.8. The summed E-state index contributed by atoms with van der Waals surface area (Å²) in [5.41, 5.74) is 0. The van der Waals surface area contributed by atoms with Crippen molar-refractivity contribution in [2.75, 3.05) is 46.6 Å². The average Bonchev–Trinajstić information content (AvgIpc) is 2.46. The molecule has 5 nitrogen and oxygen atoms in total. The van der Waals surface area contributed by atoms with Gasteiger partial charge < -0.3 is 24.6 Å². The maximum absolute atomic E-state index is 8.52. The predicted molar refractivity (Wildman–Crippen MR) is 73.9 cm³/mol. The van der Waals surface area contributed by atoms with Crippen LogP contribution in [0.25, 0.3) is 0 Å². The summed E-state index contributed by atoms with van der Waals surface area (Å²) in [6.07, 6.45) is 0.925. The molecule has 2 N–H and O–H groups in total. The maximum Gasteiger partial charge on any atom is 0.161 e. The zero-order chi connectivity index (χ0) is 13.8. The summed E-state index contributed by atoms with van der Waals surface area (Å²) in [7, 11) is 1.63. The Morgan fingerprint density at radius 2 is 1.84 bits per heavy atom. The largest absolute Gasteiger partial charge is 0.493 e. The molecule has 0 bridgehead atoms. The second-order valence-electron chi connectivity index (χ2n) is 3.94. The summed E-state index contributed by atoms with van der Waals surface area (Å²) < 4.78 is 16.0. The Kier molecular flexibility index (Phi) is 8.80. The van der Waals surface area contributed by atoms with E-state index in [0.29, 0.717) is 19.8 Å². The van der Waals surface area contributed by atoms with E-state index in [1.54, 1.807) is 7.11 Å². The van der Waals surface area contributed by atoms with Crippen molar-refractivity contribution in [1.82, 2.24) is 5.32 Å². The molecule has 0 saturated carbocycles. The molecule has 0 aliphatic carbocycles. The van der Waals surface area contributed by atoms with Crippen molar-refractivity contribution >= 4 is 0 Å². The number of aliphatic hydroxyl groups excluding tert-OH is 1. The highest BCUT2D eigenvalue weighted by atomic mass is 16.5. The summed E-state index contributed by atoms with van der Waals surface area (Å²) in [4.78, 5) is 0. The standard InChI is InChI=1S/C14H23NO4/c1-17-13-5-2-3-6-14(13)19-11-8-15-7-4-10-18-12-9-16/h2-3,5-6,15-16H,4,7-12H2,1H3. The Balaban J connectivity index is 2.01. The summed E-state index contributed by atoms with van der Waals surface area (Å²) in [6, 6.07) is 7.60. The minimum atomic E-state index is 0.0835. The molecule has 0 aliphatic heterocycles. The van der Waals surface area contributed by atoms with Gasteiger partial charge in [0.05, 0.1) is 20.3 Å². The summed E-state index contributed by atoms with van der Waals surface area (Å²) in [6.45, 7) is 3.41. The molecule has 1 aromatic carbocycles. The highest BCUT2D eigenvalue weighted by Gasteiger charge is 2.01. The normalized spacial score (nSPS) is 10.4. The van der Waals surface area contributed by atoms with Crippen LogP contribution in [0.4, 0.5) is 0 Å². The van der Waals surface area contributed by atoms with Crippen molar-refractivity contribution < 1.29 is 19.3 Å². The van der Waals surface area contributed by atoms with Gasteiger partial charge in [-0.3, -0.25) is 0 Å². The van der Waals surface area contributed by atoms with E-state index in [0.717, 1.165) is 31.0 Å². The number of aliphatic hydroxyl groups is 1. The van der Waals surface area contributed by atoms with Crippen LogP contribution in [-0.4, -0.2) is 51.7 Å². The Bertz CT molecular complexity index is 333. The van der Waals surface area contributed by atoms with Gasteiger partial charge in [-0.05, 0) is 25.1 Å². The smallest absolute Gasteiger partial charge is 0.161 e. The molecule has 19 heavy (non-hydrogen) atoms. The van der Waals surface area contributed by atoms with Crippen LogP contribution < -0.4 is 14.8 Å². The minimum Gasteiger partial charge on any atom is -0.493 e. The molecule has 0 aromatic heterocycles. The van der Waals surface area contributed by atoms with Crippen LogP contribution in [0.1, 0.15) is 6.42 Å². The average molecular weight is 269 g/mol. The Labute approximate surface area is 114 Å². The van der Waals surface area contributed by atoms with Crippen LogP contribution >= 0.6 is 0 Å². The Morgan fingerprint density at radius 1 is 1.05 bits per heavy atom. The van der Waals surface area contributed by atoms with Gasteiger partial charge in [-0.25, -0.2) is 0 Å². The first-order valence-corrected chi connectivity index (χ1v) is 6.53. The lowest BCUT2D eigenvalue weighted by atomic mass is 10.3. The molecule has 0 saturated heterocycles. The quantitative estimate of drug-likeness (QED) is 0.588. The van der Waals surface area contributed by atoms with E-state index in [1.807, 2.05) is 24.3 Å². The lowest BCUT2D eigenvalue weighted by Crippen LogP contribution is -2.23. The molecule has 108 valence electrons. The SMILES string of the molecule is COc1ccccc1OCCNCCCOCCO. The van der Waals surface area contributed by atoms with E-state index in [9.17, 15) is 0 Å². The van der Waals surface area contributed by atoms with Crippen LogP contribution in [0, 0.1) is 0 Å². The van der Waals surface area contributed by atoms with Crippen molar-refractivity contribution in [2.24, 2.45) is 0 Å². The lowest BCUT2D eigenvalue weighted by Gasteiger charge is -2.10. The summed E-state index contributed by atoms with van der Waals surface area (Å²) in [5.74, 6) is 1.51. The molecule has 1 aromatic rings. The van der Waals surface area contributed by atoms with Gasteiger partial charge in [0.2, 0.25) is 0 Å². The highest BCUT2D eigenvalue weighted by Crippen LogP contribution is 2.25. The third kappa shape index (κ3) is 7.00. The molecule has 0 spiro atoms. The molecular weight excluding hydrogens is 246 g/mol. The molecule has 0 aliphatic rings. The van der Waals surface area contributed by atoms with Crippen molar-refractivity contribution in [3.63, 3.8) is 0 Å². The zero-order valence-electron chi connectivity index (χ0n) is 11.4. The molecule has 5 heteroatoms. The minimum absolute atomic E-state index is 0.0835. The van der Waals surface area contributed by atoms with Crippen molar-refractivity contribution in [1.29, 1.82) is 0 Å². The molecular formula is C14H23NO4. The molecule has 0 atom stereocenters. The van der Waals surface area contributed by atoms with Crippen LogP contribution in [0.15, 0.2) is 24.3 Å². The zero-order valence-corrected chi connectivity index (χ0v) is 11.4. The first-order valence-electron chi connectivity index (χ1n) is 6.53. The fourth-order valence-electron chi connectivity index (χ4n) is 1.56. The summed E-state index contributed by atoms with van der Waals surface area (Å²) >= 11 is 0. The van der Waals surface area contributed by atoms with E-state index >= 15 is 0 Å². The molecule has 0 unspecified atom stereocenters. The number of hydrogen-bond donors (Lipinski definition) is 2. The Morgan fingerprint density at radius 3 is 2.58 bits per heavy atom. The second kappa shape index (κ2) is 10.6. The maximum atomic E-state index is 8.52. The molecule has 1 rings (SSSR count). The number of rotatable bonds is 11. The van der Waals surface area contributed by atoms with Gasteiger partial charge in [-0.15, -0.1) is 0 Å². The highest BCUT2D eigenvalue weighted by molar-refractivity contribution is 5.39. The van der Waals surface area contributed by atoms with E-state index < -0.39 is 0 Å². The first-order chi connectivity index (χ1) is 9.38. The van der Waals surface area contributed by atoms with Crippen molar-refractivity contribution in [2.45, 2.75) is 6.42 Å². The van der Waals surface area contributed by atoms with Gasteiger partial charge in [0.15, 0.2) is 11.5 Å². The van der Waals surface area contributed by atoms with Gasteiger partial charge in [0, 0.05) is 13.2 Å². The number of para-hydroxylation sites is 2. The molecule has 0 radical (unpaired) electrons. The predicted octanol–water partition coefficient (Wildman–Crippen LogP) is 1.06. The number of ether oxygens (including phenoxy) is 3. The molecule has 0 amide bonds. The van der Waals surface area contributed by atoms with Gasteiger partial charge in [-0.2, -0.15) is 0 Å². The van der Waals surface area contributed by atoms with E-state index in [2.05, 4.69) is 5.32 Å². The monoisotopic (exact) mass is 269 g/mol. The third-order valence-electron chi connectivity index (χ3n) is 2.48. The van der Waals surface area contributed by atoms with Crippen LogP contribution in [0.2, 0.25) is 0 Å². The van der Waals surface area contributed by atoms with Crippen LogP contribution in [0.5, 0.6) is 11.5 Å². The molecule has 0 fully saturated rings. The van der Waals surface area contributed by atoms with Gasteiger partial charge >= 0.3 is 0 Å². The van der Waals surface area contributed by atoms with Crippen molar-refractivity contribution in [3.8, 4) is 11.5 Å². The van der Waals surface area contributed by atoms with Crippen molar-refractivity contribution in [3.05, 3.63) is 24.3 Å². The fraction of sp³-hybridized carbons (Fsp3) is 0.571. The second-order valence-corrected chi connectivity index (χ2v) is 3.94.